The smallest absolute Gasteiger partial charge is 0.313 e. The van der Waals surface area contributed by atoms with Gasteiger partial charge in [-0.3, -0.25) is 4.79 Å². The molecule has 0 aliphatic rings. The number of rotatable bonds is 7. The summed E-state index contributed by atoms with van der Waals surface area (Å²) in [5, 5.41) is 9.41. The predicted molar refractivity (Wildman–Crippen MR) is 79.3 cm³/mol. The van der Waals surface area contributed by atoms with Crippen LogP contribution in [0.15, 0.2) is 23.4 Å². The third kappa shape index (κ3) is 3.54. The van der Waals surface area contributed by atoms with Crippen molar-refractivity contribution in [2.45, 2.75) is 24.5 Å². The van der Waals surface area contributed by atoms with E-state index in [0.29, 0.717) is 17.3 Å². The molecule has 0 bridgehead atoms. The van der Waals surface area contributed by atoms with Crippen LogP contribution < -0.4 is 0 Å². The summed E-state index contributed by atoms with van der Waals surface area (Å²) >= 11 is 1.13. The van der Waals surface area contributed by atoms with E-state index in [1.165, 1.54) is 12.1 Å². The van der Waals surface area contributed by atoms with Gasteiger partial charge in [0.25, 0.3) is 0 Å². The van der Waals surface area contributed by atoms with Crippen molar-refractivity contribution in [3.8, 4) is 0 Å². The Bertz CT molecular complexity index is 644. The summed E-state index contributed by atoms with van der Waals surface area (Å²) in [7, 11) is 1.62. The normalized spacial score (nSPS) is 12.7. The molecule has 1 atom stereocenters. The fourth-order valence-corrected chi connectivity index (χ4v) is 3.00. The molecule has 0 amide bonds. The second-order valence-corrected chi connectivity index (χ2v) is 5.54. The van der Waals surface area contributed by atoms with Crippen molar-refractivity contribution in [2.75, 3.05) is 19.5 Å². The lowest BCUT2D eigenvalue weighted by Crippen LogP contribution is -2.15. The molecule has 2 aromatic rings. The number of benzene rings is 1. The van der Waals surface area contributed by atoms with Gasteiger partial charge in [-0.1, -0.05) is 18.7 Å². The monoisotopic (exact) mass is 312 g/mol. The van der Waals surface area contributed by atoms with E-state index < -0.39 is 5.97 Å². The first-order valence-electron chi connectivity index (χ1n) is 6.57. The van der Waals surface area contributed by atoms with Gasteiger partial charge in [0.1, 0.15) is 5.82 Å². The van der Waals surface area contributed by atoms with Crippen LogP contribution >= 0.6 is 11.8 Å². The van der Waals surface area contributed by atoms with Crippen LogP contribution in [0.5, 0.6) is 0 Å². The quantitative estimate of drug-likeness (QED) is 0.796. The highest BCUT2D eigenvalue weighted by molar-refractivity contribution is 7.99. The Balaban J connectivity index is 2.50. The van der Waals surface area contributed by atoms with Gasteiger partial charge in [-0.15, -0.1) is 0 Å². The number of methoxy groups -OCH3 is 1. The highest BCUT2D eigenvalue weighted by Gasteiger charge is 2.19. The fraction of sp³-hybridized carbons (Fsp3) is 0.429. The first-order chi connectivity index (χ1) is 10.1. The van der Waals surface area contributed by atoms with Gasteiger partial charge in [-0.2, -0.15) is 0 Å². The van der Waals surface area contributed by atoms with E-state index in [2.05, 4.69) is 4.98 Å². The van der Waals surface area contributed by atoms with Crippen LogP contribution in [-0.2, 0) is 9.53 Å². The molecule has 0 fully saturated rings. The third-order valence-corrected chi connectivity index (χ3v) is 4.08. The summed E-state index contributed by atoms with van der Waals surface area (Å²) in [4.78, 5) is 15.1. The van der Waals surface area contributed by atoms with Crippen LogP contribution in [-0.4, -0.2) is 40.1 Å². The number of carboxylic acid groups (broad SMARTS) is 1. The minimum Gasteiger partial charge on any atom is -0.481 e. The Labute approximate surface area is 126 Å². The number of fused-ring (bicyclic) bond motifs is 1. The highest BCUT2D eigenvalue weighted by atomic mass is 32.2. The van der Waals surface area contributed by atoms with Gasteiger partial charge in [0.15, 0.2) is 5.16 Å². The van der Waals surface area contributed by atoms with Crippen LogP contribution in [0.2, 0.25) is 0 Å². The number of aliphatic carboxylic acids is 1. The average molecular weight is 312 g/mol. The van der Waals surface area contributed by atoms with Gasteiger partial charge in [-0.25, -0.2) is 9.37 Å². The molecule has 1 unspecified atom stereocenters. The lowest BCUT2D eigenvalue weighted by molar-refractivity contribution is -0.133. The summed E-state index contributed by atoms with van der Waals surface area (Å²) in [5.74, 6) is -1.36. The van der Waals surface area contributed by atoms with Crippen molar-refractivity contribution in [3.63, 3.8) is 0 Å². The van der Waals surface area contributed by atoms with E-state index in [1.54, 1.807) is 13.2 Å². The molecule has 114 valence electrons. The zero-order chi connectivity index (χ0) is 15.4. The first-order valence-corrected chi connectivity index (χ1v) is 7.56. The van der Waals surface area contributed by atoms with E-state index in [-0.39, 0.29) is 17.6 Å². The molecule has 0 saturated heterocycles. The molecule has 1 heterocycles. The number of carboxylic acids is 1. The second-order valence-electron chi connectivity index (χ2n) is 4.60. The number of aromatic nitrogens is 2. The van der Waals surface area contributed by atoms with Gasteiger partial charge in [0.05, 0.1) is 29.4 Å². The van der Waals surface area contributed by atoms with Crippen LogP contribution in [0.4, 0.5) is 4.39 Å². The Morgan fingerprint density at radius 2 is 2.33 bits per heavy atom. The maximum absolute atomic E-state index is 13.3. The van der Waals surface area contributed by atoms with Gasteiger partial charge in [0.2, 0.25) is 0 Å². The number of imidazole rings is 1. The second kappa shape index (κ2) is 6.91. The van der Waals surface area contributed by atoms with Crippen molar-refractivity contribution in [2.24, 2.45) is 0 Å². The third-order valence-electron chi connectivity index (χ3n) is 3.14. The topological polar surface area (TPSA) is 64.3 Å². The minimum atomic E-state index is -0.912. The summed E-state index contributed by atoms with van der Waals surface area (Å²) in [5.41, 5.74) is 1.31. The van der Waals surface area contributed by atoms with Crippen molar-refractivity contribution in [3.05, 3.63) is 24.0 Å². The summed E-state index contributed by atoms with van der Waals surface area (Å²) in [6.45, 7) is 2.50. The molecule has 0 aliphatic heterocycles. The van der Waals surface area contributed by atoms with E-state index in [4.69, 9.17) is 9.84 Å². The lowest BCUT2D eigenvalue weighted by Gasteiger charge is -2.19. The molecule has 1 aromatic heterocycles. The number of carbonyl (C=O) groups is 1. The Hall–Kier alpha value is -1.60. The Kier molecular flexibility index (Phi) is 5.19. The predicted octanol–water partition coefficient (Wildman–Crippen LogP) is 2.95. The molecule has 1 aromatic carbocycles. The SMILES string of the molecule is CCC(COC)n1c(SCC(=O)O)nc2cc(F)ccc21. The van der Waals surface area contributed by atoms with E-state index in [0.717, 1.165) is 23.7 Å². The van der Waals surface area contributed by atoms with E-state index in [9.17, 15) is 9.18 Å². The first kappa shape index (κ1) is 15.8. The number of ether oxygens (including phenoxy) is 1. The zero-order valence-corrected chi connectivity index (χ0v) is 12.7. The van der Waals surface area contributed by atoms with Crippen LogP contribution in [0.25, 0.3) is 11.0 Å². The summed E-state index contributed by atoms with van der Waals surface area (Å²) in [6.07, 6.45) is 0.803. The molecule has 0 spiro atoms. The van der Waals surface area contributed by atoms with Gasteiger partial charge >= 0.3 is 5.97 Å². The van der Waals surface area contributed by atoms with Gasteiger partial charge < -0.3 is 14.4 Å². The highest BCUT2D eigenvalue weighted by Crippen LogP contribution is 2.29. The van der Waals surface area contributed by atoms with E-state index >= 15 is 0 Å². The fourth-order valence-electron chi connectivity index (χ4n) is 2.20. The van der Waals surface area contributed by atoms with Crippen molar-refractivity contribution in [1.82, 2.24) is 9.55 Å². The van der Waals surface area contributed by atoms with Crippen molar-refractivity contribution >= 4 is 28.8 Å². The lowest BCUT2D eigenvalue weighted by atomic mass is 10.2. The molecular weight excluding hydrogens is 295 g/mol. The number of nitrogens with zero attached hydrogens (tertiary/aromatic N) is 2. The number of thioether (sulfide) groups is 1. The van der Waals surface area contributed by atoms with E-state index in [1.807, 2.05) is 11.5 Å². The molecule has 0 aliphatic carbocycles. The maximum atomic E-state index is 13.3. The van der Waals surface area contributed by atoms with Crippen LogP contribution in [0.3, 0.4) is 0 Å². The standard InChI is InChI=1S/C14H17FN2O3S/c1-3-10(7-20-2)17-12-5-4-9(15)6-11(12)16-14(17)21-8-13(18)19/h4-6,10H,3,7-8H2,1-2H3,(H,18,19). The minimum absolute atomic E-state index is 0.0294. The molecule has 0 saturated carbocycles. The molecular formula is C14H17FN2O3S. The Morgan fingerprint density at radius 1 is 1.57 bits per heavy atom. The number of halogens is 1. The molecule has 7 heteroatoms. The molecule has 2 rings (SSSR count). The van der Waals surface area contributed by atoms with Crippen molar-refractivity contribution in [1.29, 1.82) is 0 Å². The molecule has 21 heavy (non-hydrogen) atoms. The molecule has 5 nitrogen and oxygen atoms in total. The summed E-state index contributed by atoms with van der Waals surface area (Å²) < 4.78 is 20.5. The van der Waals surface area contributed by atoms with Crippen LogP contribution in [0.1, 0.15) is 19.4 Å². The van der Waals surface area contributed by atoms with Crippen molar-refractivity contribution < 1.29 is 19.0 Å². The van der Waals surface area contributed by atoms with Crippen LogP contribution in [0, 0.1) is 5.82 Å². The largest absolute Gasteiger partial charge is 0.481 e. The summed E-state index contributed by atoms with van der Waals surface area (Å²) in [6, 6.07) is 4.43. The van der Waals surface area contributed by atoms with Gasteiger partial charge in [0, 0.05) is 13.2 Å². The number of hydrogen-bond acceptors (Lipinski definition) is 4. The number of hydrogen-bond donors (Lipinski definition) is 1. The molecule has 1 N–H and O–H groups in total. The van der Waals surface area contributed by atoms with Gasteiger partial charge in [-0.05, 0) is 18.6 Å². The maximum Gasteiger partial charge on any atom is 0.313 e. The molecule has 0 radical (unpaired) electrons. The average Bonchev–Trinajstić information content (AvgIpc) is 2.79. The zero-order valence-electron chi connectivity index (χ0n) is 11.9. The Morgan fingerprint density at radius 3 is 2.95 bits per heavy atom.